The number of likely N-dealkylation sites (tertiary alicyclic amines) is 1. The summed E-state index contributed by atoms with van der Waals surface area (Å²) in [5, 5.41) is 1.81. The lowest BCUT2D eigenvalue weighted by Gasteiger charge is -2.21. The van der Waals surface area contributed by atoms with Crippen LogP contribution in [0.15, 0.2) is 41.6 Å². The van der Waals surface area contributed by atoms with Gasteiger partial charge in [-0.15, -0.1) is 0 Å². The van der Waals surface area contributed by atoms with Crippen molar-refractivity contribution in [3.05, 3.63) is 53.0 Å². The molecule has 30 heavy (non-hydrogen) atoms. The number of amides is 3. The molecule has 5 rings (SSSR count). The number of imide groups is 1. The molecule has 3 saturated heterocycles. The van der Waals surface area contributed by atoms with E-state index in [-0.39, 0.29) is 10.8 Å². The van der Waals surface area contributed by atoms with Crippen molar-refractivity contribution < 1.29 is 14.4 Å². The van der Waals surface area contributed by atoms with E-state index in [1.54, 1.807) is 0 Å². The molecule has 10 heteroatoms. The van der Waals surface area contributed by atoms with Crippen LogP contribution in [0, 0.1) is 11.8 Å². The zero-order valence-electron chi connectivity index (χ0n) is 15.9. The van der Waals surface area contributed by atoms with Crippen LogP contribution in [-0.4, -0.2) is 63.1 Å². The number of carbonyl (C=O) groups excluding carboxylic acids is 3. The van der Waals surface area contributed by atoms with Gasteiger partial charge in [0, 0.05) is 49.7 Å². The van der Waals surface area contributed by atoms with Crippen LogP contribution in [0.5, 0.6) is 0 Å². The zero-order chi connectivity index (χ0) is 20.7. The van der Waals surface area contributed by atoms with E-state index < -0.39 is 11.1 Å². The first kappa shape index (κ1) is 18.7. The molecule has 3 aliphatic rings. The molecule has 0 aliphatic carbocycles. The maximum atomic E-state index is 12.7. The Hall–Kier alpha value is -3.27. The van der Waals surface area contributed by atoms with Crippen molar-refractivity contribution in [2.45, 2.75) is 0 Å². The number of thioether (sulfide) groups is 1. The largest absolute Gasteiger partial charge is 0.340 e. The summed E-state index contributed by atoms with van der Waals surface area (Å²) < 4.78 is 0. The molecule has 3 fully saturated rings. The molecule has 3 amide bonds. The molecule has 2 unspecified atom stereocenters. The number of rotatable bonds is 3. The standard InChI is InChI=1S/C20H18N6O3S/c27-17-15(30-20(29)24-17)6-16-21-11-22-19(23-16)26-9-13-7-25(8-14(13)10-26)18(28)12-4-2-1-3-5-12/h1-6,11,13-14H,7-10H2,(H,24,27,29). The number of benzene rings is 1. The van der Waals surface area contributed by atoms with Gasteiger partial charge in [0.1, 0.15) is 6.33 Å². The van der Waals surface area contributed by atoms with E-state index in [1.807, 2.05) is 35.2 Å². The van der Waals surface area contributed by atoms with Gasteiger partial charge in [-0.2, -0.15) is 4.98 Å². The van der Waals surface area contributed by atoms with Gasteiger partial charge in [0.2, 0.25) is 5.95 Å². The molecule has 0 radical (unpaired) electrons. The number of hydrogen-bond donors (Lipinski definition) is 1. The van der Waals surface area contributed by atoms with E-state index in [0.717, 1.165) is 43.5 Å². The summed E-state index contributed by atoms with van der Waals surface area (Å²) in [5.41, 5.74) is 0.719. The molecule has 2 atom stereocenters. The van der Waals surface area contributed by atoms with Gasteiger partial charge in [-0.3, -0.25) is 19.7 Å². The van der Waals surface area contributed by atoms with Gasteiger partial charge in [0.25, 0.3) is 17.1 Å². The van der Waals surface area contributed by atoms with Crippen LogP contribution in [0.3, 0.4) is 0 Å². The monoisotopic (exact) mass is 422 g/mol. The Bertz CT molecular complexity index is 1050. The van der Waals surface area contributed by atoms with Crippen molar-refractivity contribution in [2.24, 2.45) is 11.8 Å². The smallest absolute Gasteiger partial charge is 0.290 e. The Morgan fingerprint density at radius 2 is 1.80 bits per heavy atom. The number of anilines is 1. The normalized spacial score (nSPS) is 24.5. The lowest BCUT2D eigenvalue weighted by molar-refractivity contribution is -0.115. The molecule has 1 aromatic heterocycles. The van der Waals surface area contributed by atoms with Crippen molar-refractivity contribution in [3.63, 3.8) is 0 Å². The van der Waals surface area contributed by atoms with Crippen LogP contribution in [0.4, 0.5) is 10.7 Å². The fraction of sp³-hybridized carbons (Fsp3) is 0.300. The van der Waals surface area contributed by atoms with Crippen LogP contribution >= 0.6 is 11.8 Å². The minimum Gasteiger partial charge on any atom is -0.340 e. The van der Waals surface area contributed by atoms with Crippen LogP contribution < -0.4 is 10.2 Å². The highest BCUT2D eigenvalue weighted by Crippen LogP contribution is 2.33. The lowest BCUT2D eigenvalue weighted by Crippen LogP contribution is -2.33. The van der Waals surface area contributed by atoms with Crippen LogP contribution in [0.25, 0.3) is 6.08 Å². The molecule has 0 spiro atoms. The topological polar surface area (TPSA) is 108 Å². The Kier molecular flexibility index (Phi) is 4.70. The molecule has 0 saturated carbocycles. The van der Waals surface area contributed by atoms with Crippen LogP contribution in [-0.2, 0) is 4.79 Å². The average molecular weight is 422 g/mol. The summed E-state index contributed by atoms with van der Waals surface area (Å²) in [4.78, 5) is 52.8. The van der Waals surface area contributed by atoms with Gasteiger partial charge >= 0.3 is 0 Å². The van der Waals surface area contributed by atoms with Crippen LogP contribution in [0.1, 0.15) is 16.2 Å². The van der Waals surface area contributed by atoms with Gasteiger partial charge < -0.3 is 9.80 Å². The van der Waals surface area contributed by atoms with E-state index in [0.29, 0.717) is 23.6 Å². The first-order chi connectivity index (χ1) is 14.6. The number of nitrogens with one attached hydrogen (secondary N) is 1. The summed E-state index contributed by atoms with van der Waals surface area (Å²) in [7, 11) is 0. The minimum absolute atomic E-state index is 0.0764. The molecule has 1 N–H and O–H groups in total. The van der Waals surface area contributed by atoms with Crippen molar-refractivity contribution >= 4 is 40.8 Å². The molecule has 0 bridgehead atoms. The quantitative estimate of drug-likeness (QED) is 0.740. The summed E-state index contributed by atoms with van der Waals surface area (Å²) in [5.74, 6) is 1.25. The second-order valence-corrected chi connectivity index (χ2v) is 8.51. The fourth-order valence-electron chi connectivity index (χ4n) is 4.15. The van der Waals surface area contributed by atoms with Crippen LogP contribution in [0.2, 0.25) is 0 Å². The summed E-state index contributed by atoms with van der Waals surface area (Å²) in [6.07, 6.45) is 2.90. The van der Waals surface area contributed by atoms with Gasteiger partial charge in [0.15, 0.2) is 5.82 Å². The average Bonchev–Trinajstić information content (AvgIpc) is 3.41. The van der Waals surface area contributed by atoms with Crippen molar-refractivity contribution in [1.29, 1.82) is 0 Å². The predicted molar refractivity (Wildman–Crippen MR) is 110 cm³/mol. The predicted octanol–water partition coefficient (Wildman–Crippen LogP) is 1.40. The third-order valence-corrected chi connectivity index (χ3v) is 6.37. The van der Waals surface area contributed by atoms with Crippen molar-refractivity contribution in [2.75, 3.05) is 31.1 Å². The van der Waals surface area contributed by atoms with Gasteiger partial charge in [-0.25, -0.2) is 9.97 Å². The maximum absolute atomic E-state index is 12.7. The summed E-state index contributed by atoms with van der Waals surface area (Å²) in [6.45, 7) is 2.96. The molecule has 1 aromatic carbocycles. The second-order valence-electron chi connectivity index (χ2n) is 7.50. The molecular formula is C20H18N6O3S. The molecular weight excluding hydrogens is 404 g/mol. The molecule has 2 aromatic rings. The first-order valence-electron chi connectivity index (χ1n) is 9.60. The van der Waals surface area contributed by atoms with E-state index in [1.165, 1.54) is 12.4 Å². The Labute approximate surface area is 176 Å². The molecule has 3 aliphatic heterocycles. The Balaban J connectivity index is 1.26. The lowest BCUT2D eigenvalue weighted by atomic mass is 10.0. The van der Waals surface area contributed by atoms with E-state index >= 15 is 0 Å². The van der Waals surface area contributed by atoms with E-state index in [2.05, 4.69) is 25.2 Å². The highest BCUT2D eigenvalue weighted by atomic mass is 32.2. The highest BCUT2D eigenvalue weighted by molar-refractivity contribution is 8.18. The van der Waals surface area contributed by atoms with Gasteiger partial charge in [-0.05, 0) is 23.9 Å². The SMILES string of the molecule is O=C1NC(=O)C(=Cc2ncnc(N3CC4CN(C(=O)c5ccccc5)CC4C3)n2)S1. The number of nitrogens with zero attached hydrogens (tertiary/aromatic N) is 5. The number of hydrogen-bond acceptors (Lipinski definition) is 8. The van der Waals surface area contributed by atoms with Gasteiger partial charge in [-0.1, -0.05) is 18.2 Å². The number of aromatic nitrogens is 3. The number of carbonyl (C=O) groups is 3. The van der Waals surface area contributed by atoms with E-state index in [4.69, 9.17) is 0 Å². The Morgan fingerprint density at radius 1 is 1.07 bits per heavy atom. The van der Waals surface area contributed by atoms with E-state index in [9.17, 15) is 14.4 Å². The van der Waals surface area contributed by atoms with Gasteiger partial charge in [0.05, 0.1) is 4.91 Å². The highest BCUT2D eigenvalue weighted by Gasteiger charge is 2.42. The second kappa shape index (κ2) is 7.52. The minimum atomic E-state index is -0.439. The third kappa shape index (κ3) is 3.54. The summed E-state index contributed by atoms with van der Waals surface area (Å²) in [6, 6.07) is 9.36. The zero-order valence-corrected chi connectivity index (χ0v) is 16.7. The maximum Gasteiger partial charge on any atom is 0.290 e. The molecule has 152 valence electrons. The first-order valence-corrected chi connectivity index (χ1v) is 10.4. The fourth-order valence-corrected chi connectivity index (χ4v) is 4.80. The number of fused-ring (bicyclic) bond motifs is 1. The van der Waals surface area contributed by atoms with Crippen molar-refractivity contribution in [3.8, 4) is 0 Å². The van der Waals surface area contributed by atoms with Crippen molar-refractivity contribution in [1.82, 2.24) is 25.2 Å². The molecule has 9 nitrogen and oxygen atoms in total. The summed E-state index contributed by atoms with van der Waals surface area (Å²) >= 11 is 0.831. The third-order valence-electron chi connectivity index (χ3n) is 5.56. The Morgan fingerprint density at radius 3 is 2.47 bits per heavy atom. The molecule has 4 heterocycles.